The van der Waals surface area contributed by atoms with Crippen LogP contribution in [0.4, 0.5) is 5.13 Å². The first-order chi connectivity index (χ1) is 10.9. The van der Waals surface area contributed by atoms with Crippen molar-refractivity contribution in [2.75, 3.05) is 31.2 Å². The predicted molar refractivity (Wildman–Crippen MR) is 80.0 cm³/mol. The quantitative estimate of drug-likeness (QED) is 0.730. The van der Waals surface area contributed by atoms with E-state index in [0.717, 1.165) is 42.7 Å². The Bertz CT molecular complexity index is 731. The molecule has 0 atom stereocenters. The average molecular weight is 318 g/mol. The van der Waals surface area contributed by atoms with Gasteiger partial charge in [-0.25, -0.2) is 4.98 Å². The lowest BCUT2D eigenvalue weighted by atomic mass is 10.3. The number of morpholine rings is 1. The van der Waals surface area contributed by atoms with Crippen LogP contribution in [0.1, 0.15) is 11.6 Å². The standard InChI is InChI=1S/C14H14N4O3S/c1-4-20-8-10(1)13-16-12(21-17-13)7-11-9-22-14(15-11)18-2-5-19-6-3-18/h1,4,8-9H,2-3,5-7H2. The highest BCUT2D eigenvalue weighted by atomic mass is 32.1. The summed E-state index contributed by atoms with van der Waals surface area (Å²) in [4.78, 5) is 11.2. The van der Waals surface area contributed by atoms with Gasteiger partial charge in [-0.05, 0) is 6.07 Å². The maximum atomic E-state index is 5.36. The molecule has 0 N–H and O–H groups in total. The van der Waals surface area contributed by atoms with Crippen molar-refractivity contribution in [1.82, 2.24) is 15.1 Å². The molecule has 3 aromatic rings. The molecular formula is C14H14N4O3S. The van der Waals surface area contributed by atoms with Crippen molar-refractivity contribution in [3.8, 4) is 11.4 Å². The van der Waals surface area contributed by atoms with Crippen molar-refractivity contribution >= 4 is 16.5 Å². The summed E-state index contributed by atoms with van der Waals surface area (Å²) in [6, 6.07) is 1.80. The van der Waals surface area contributed by atoms with Crippen LogP contribution in [0.25, 0.3) is 11.4 Å². The van der Waals surface area contributed by atoms with Gasteiger partial charge in [-0.1, -0.05) is 5.16 Å². The Morgan fingerprint density at radius 1 is 1.23 bits per heavy atom. The van der Waals surface area contributed by atoms with Gasteiger partial charge in [0.2, 0.25) is 11.7 Å². The number of rotatable bonds is 4. The molecule has 3 aromatic heterocycles. The SMILES string of the molecule is c1cc(-c2noc(Cc3csc(N4CCOCC4)n3)n2)co1. The lowest BCUT2D eigenvalue weighted by molar-refractivity contribution is 0.122. The molecule has 1 aliphatic heterocycles. The van der Waals surface area contributed by atoms with Crippen LogP contribution < -0.4 is 4.90 Å². The molecule has 22 heavy (non-hydrogen) atoms. The molecule has 8 heteroatoms. The minimum atomic E-state index is 0.533. The molecule has 0 aliphatic carbocycles. The lowest BCUT2D eigenvalue weighted by Crippen LogP contribution is -2.36. The van der Waals surface area contributed by atoms with Gasteiger partial charge in [-0.15, -0.1) is 11.3 Å². The summed E-state index contributed by atoms with van der Waals surface area (Å²) in [5, 5.41) is 7.01. The molecule has 0 unspecified atom stereocenters. The van der Waals surface area contributed by atoms with Crippen LogP contribution in [0, 0.1) is 0 Å². The number of nitrogens with zero attached hydrogens (tertiary/aromatic N) is 4. The van der Waals surface area contributed by atoms with E-state index < -0.39 is 0 Å². The summed E-state index contributed by atoms with van der Waals surface area (Å²) in [6.45, 7) is 3.29. The first-order valence-electron chi connectivity index (χ1n) is 7.01. The highest BCUT2D eigenvalue weighted by Gasteiger charge is 2.16. The first-order valence-corrected chi connectivity index (χ1v) is 7.89. The molecule has 0 amide bonds. The summed E-state index contributed by atoms with van der Waals surface area (Å²) in [5.74, 6) is 1.09. The summed E-state index contributed by atoms with van der Waals surface area (Å²) < 4.78 is 15.7. The topological polar surface area (TPSA) is 77.4 Å². The Morgan fingerprint density at radius 2 is 2.14 bits per heavy atom. The fourth-order valence-electron chi connectivity index (χ4n) is 2.27. The lowest BCUT2D eigenvalue weighted by Gasteiger charge is -2.25. The Morgan fingerprint density at radius 3 is 2.95 bits per heavy atom. The molecule has 0 bridgehead atoms. The third-order valence-electron chi connectivity index (χ3n) is 3.40. The number of hydrogen-bond acceptors (Lipinski definition) is 8. The molecule has 1 saturated heterocycles. The zero-order valence-electron chi connectivity index (χ0n) is 11.8. The molecular weight excluding hydrogens is 304 g/mol. The molecule has 1 fully saturated rings. The van der Waals surface area contributed by atoms with E-state index in [1.54, 1.807) is 29.9 Å². The second-order valence-electron chi connectivity index (χ2n) is 4.92. The van der Waals surface area contributed by atoms with E-state index >= 15 is 0 Å². The first kappa shape index (κ1) is 13.5. The third kappa shape index (κ3) is 2.75. The van der Waals surface area contributed by atoms with Gasteiger partial charge < -0.3 is 18.6 Å². The molecule has 1 aliphatic rings. The normalized spacial score (nSPS) is 15.4. The van der Waals surface area contributed by atoms with Crippen LogP contribution >= 0.6 is 11.3 Å². The van der Waals surface area contributed by atoms with Gasteiger partial charge in [0, 0.05) is 18.5 Å². The molecule has 4 heterocycles. The van der Waals surface area contributed by atoms with Crippen LogP contribution in [0.15, 0.2) is 32.9 Å². The molecule has 0 saturated carbocycles. The van der Waals surface area contributed by atoms with E-state index in [1.807, 2.05) is 5.38 Å². The van der Waals surface area contributed by atoms with E-state index in [-0.39, 0.29) is 0 Å². The van der Waals surface area contributed by atoms with Crippen LogP contribution in [0.5, 0.6) is 0 Å². The van der Waals surface area contributed by atoms with Gasteiger partial charge in [0.15, 0.2) is 5.13 Å². The third-order valence-corrected chi connectivity index (χ3v) is 4.35. The highest BCUT2D eigenvalue weighted by molar-refractivity contribution is 7.13. The average Bonchev–Trinajstić information content (AvgIpc) is 3.30. The maximum Gasteiger partial charge on any atom is 0.233 e. The van der Waals surface area contributed by atoms with E-state index in [2.05, 4.69) is 20.0 Å². The van der Waals surface area contributed by atoms with Crippen molar-refractivity contribution in [3.63, 3.8) is 0 Å². The zero-order valence-corrected chi connectivity index (χ0v) is 12.6. The Hall–Kier alpha value is -2.19. The summed E-state index contributed by atoms with van der Waals surface area (Å²) in [7, 11) is 0. The number of thiazole rings is 1. The van der Waals surface area contributed by atoms with Crippen molar-refractivity contribution in [1.29, 1.82) is 0 Å². The van der Waals surface area contributed by atoms with E-state index in [9.17, 15) is 0 Å². The highest BCUT2D eigenvalue weighted by Crippen LogP contribution is 2.23. The number of anilines is 1. The minimum absolute atomic E-state index is 0.533. The zero-order chi connectivity index (χ0) is 14.8. The van der Waals surface area contributed by atoms with Gasteiger partial charge in [-0.2, -0.15) is 4.98 Å². The molecule has 0 spiro atoms. The molecule has 7 nitrogen and oxygen atoms in total. The van der Waals surface area contributed by atoms with Crippen molar-refractivity contribution in [3.05, 3.63) is 35.6 Å². The number of hydrogen-bond donors (Lipinski definition) is 0. The second-order valence-corrected chi connectivity index (χ2v) is 5.76. The van der Waals surface area contributed by atoms with Crippen LogP contribution in [0.3, 0.4) is 0 Å². The molecule has 0 radical (unpaired) electrons. The largest absolute Gasteiger partial charge is 0.472 e. The maximum absolute atomic E-state index is 5.36. The van der Waals surface area contributed by atoms with Gasteiger partial charge in [-0.3, -0.25) is 0 Å². The van der Waals surface area contributed by atoms with Gasteiger partial charge in [0.1, 0.15) is 6.26 Å². The van der Waals surface area contributed by atoms with Crippen molar-refractivity contribution < 1.29 is 13.7 Å². The molecule has 0 aromatic carbocycles. The summed E-state index contributed by atoms with van der Waals surface area (Å²) in [6.07, 6.45) is 3.71. The number of ether oxygens (including phenoxy) is 1. The van der Waals surface area contributed by atoms with Crippen LogP contribution in [-0.2, 0) is 11.2 Å². The van der Waals surface area contributed by atoms with Crippen molar-refractivity contribution in [2.24, 2.45) is 0 Å². The Balaban J connectivity index is 1.46. The van der Waals surface area contributed by atoms with E-state index in [0.29, 0.717) is 18.1 Å². The minimum Gasteiger partial charge on any atom is -0.472 e. The second kappa shape index (κ2) is 5.90. The summed E-state index contributed by atoms with van der Waals surface area (Å²) in [5.41, 5.74) is 1.75. The number of furan rings is 1. The van der Waals surface area contributed by atoms with Gasteiger partial charge in [0.05, 0.1) is 37.2 Å². The Kier molecular flexibility index (Phi) is 3.61. The van der Waals surface area contributed by atoms with Gasteiger partial charge >= 0.3 is 0 Å². The monoisotopic (exact) mass is 318 g/mol. The fraction of sp³-hybridized carbons (Fsp3) is 0.357. The summed E-state index contributed by atoms with van der Waals surface area (Å²) >= 11 is 1.63. The van der Waals surface area contributed by atoms with Crippen LogP contribution in [-0.4, -0.2) is 41.4 Å². The van der Waals surface area contributed by atoms with Crippen LogP contribution in [0.2, 0.25) is 0 Å². The van der Waals surface area contributed by atoms with Crippen molar-refractivity contribution in [2.45, 2.75) is 6.42 Å². The smallest absolute Gasteiger partial charge is 0.233 e. The molecule has 4 rings (SSSR count). The van der Waals surface area contributed by atoms with E-state index in [1.165, 1.54) is 0 Å². The Labute approximate surface area is 130 Å². The molecule has 114 valence electrons. The fourth-order valence-corrected chi connectivity index (χ4v) is 3.15. The number of aromatic nitrogens is 3. The van der Waals surface area contributed by atoms with Gasteiger partial charge in [0.25, 0.3) is 0 Å². The predicted octanol–water partition coefficient (Wildman–Crippen LogP) is 2.21. The van der Waals surface area contributed by atoms with E-state index in [4.69, 9.17) is 13.7 Å².